The fourth-order valence-electron chi connectivity index (χ4n) is 4.04. The lowest BCUT2D eigenvalue weighted by atomic mass is 10.0. The highest BCUT2D eigenvalue weighted by Gasteiger charge is 2.58. The molecule has 1 saturated heterocycles. The number of carbonyl (C=O) groups excluding carboxylic acids is 2. The van der Waals surface area contributed by atoms with Crippen molar-refractivity contribution < 1.29 is 9.59 Å². The molecule has 1 aliphatic carbocycles. The Kier molecular flexibility index (Phi) is 5.26. The summed E-state index contributed by atoms with van der Waals surface area (Å²) in [6.45, 7) is 7.52. The van der Waals surface area contributed by atoms with Gasteiger partial charge in [0.1, 0.15) is 5.41 Å². The number of rotatable bonds is 5. The first-order valence-corrected chi connectivity index (χ1v) is 10.3. The molecule has 1 aromatic heterocycles. The minimum Gasteiger partial charge on any atom is -0.368 e. The number of benzene rings is 1. The molecule has 0 spiro atoms. The first-order chi connectivity index (χ1) is 14.0. The van der Waals surface area contributed by atoms with Crippen molar-refractivity contribution in [2.24, 2.45) is 5.41 Å². The summed E-state index contributed by atoms with van der Waals surface area (Å²) >= 11 is 0. The number of nitrogens with one attached hydrogen (secondary N) is 1. The molecular weight excluding hydrogens is 364 g/mol. The van der Waals surface area contributed by atoms with Crippen molar-refractivity contribution in [2.45, 2.75) is 33.2 Å². The lowest BCUT2D eigenvalue weighted by molar-refractivity contribution is -0.144. The summed E-state index contributed by atoms with van der Waals surface area (Å²) in [7, 11) is 0. The predicted molar refractivity (Wildman–Crippen MR) is 112 cm³/mol. The Hall–Kier alpha value is -2.89. The second-order valence-corrected chi connectivity index (χ2v) is 8.08. The molecule has 2 heterocycles. The maximum Gasteiger partial charge on any atom is 0.238 e. The molecule has 2 fully saturated rings. The van der Waals surface area contributed by atoms with Gasteiger partial charge in [-0.2, -0.15) is 0 Å². The highest BCUT2D eigenvalue weighted by Crippen LogP contribution is 2.47. The molecule has 6 nitrogen and oxygen atoms in total. The average molecular weight is 393 g/mol. The molecule has 2 amide bonds. The lowest BCUT2D eigenvalue weighted by Crippen LogP contribution is -2.53. The van der Waals surface area contributed by atoms with Crippen LogP contribution in [0.1, 0.15) is 29.7 Å². The van der Waals surface area contributed by atoms with Gasteiger partial charge >= 0.3 is 0 Å². The van der Waals surface area contributed by atoms with E-state index in [4.69, 9.17) is 0 Å². The van der Waals surface area contributed by atoms with Crippen molar-refractivity contribution in [2.75, 3.05) is 31.1 Å². The summed E-state index contributed by atoms with van der Waals surface area (Å²) in [6, 6.07) is 12.0. The number of hydrogen-bond acceptors (Lipinski definition) is 4. The van der Waals surface area contributed by atoms with Crippen LogP contribution in [0.2, 0.25) is 0 Å². The molecule has 1 aliphatic heterocycles. The Labute approximate surface area is 171 Å². The summed E-state index contributed by atoms with van der Waals surface area (Å²) in [6.07, 6.45) is 2.98. The zero-order valence-corrected chi connectivity index (χ0v) is 17.1. The molecule has 29 heavy (non-hydrogen) atoms. The van der Waals surface area contributed by atoms with Gasteiger partial charge in [0.25, 0.3) is 0 Å². The minimum absolute atomic E-state index is 0.0170. The molecule has 2 aliphatic rings. The van der Waals surface area contributed by atoms with Crippen molar-refractivity contribution in [3.63, 3.8) is 0 Å². The summed E-state index contributed by atoms with van der Waals surface area (Å²) in [5.74, 6) is -0.179. The van der Waals surface area contributed by atoms with Crippen LogP contribution in [0.4, 0.5) is 5.69 Å². The largest absolute Gasteiger partial charge is 0.368 e. The van der Waals surface area contributed by atoms with E-state index in [-0.39, 0.29) is 11.8 Å². The normalized spacial score (nSPS) is 17.7. The maximum atomic E-state index is 13.1. The number of piperazine rings is 1. The molecule has 1 N–H and O–H groups in total. The fraction of sp³-hybridized carbons (Fsp3) is 0.435. The smallest absolute Gasteiger partial charge is 0.238 e. The fourth-order valence-corrected chi connectivity index (χ4v) is 4.04. The number of aromatic nitrogens is 1. The number of nitrogens with zero attached hydrogens (tertiary/aromatic N) is 3. The van der Waals surface area contributed by atoms with Gasteiger partial charge in [-0.3, -0.25) is 14.6 Å². The van der Waals surface area contributed by atoms with Crippen molar-refractivity contribution in [3.8, 4) is 0 Å². The lowest BCUT2D eigenvalue weighted by Gasteiger charge is -2.38. The SMILES string of the molecule is Cc1cccc(N2CCN(C(=O)C3(C(=O)NCc4ccccn4)CC3)CC2)c1C. The molecule has 6 heteroatoms. The van der Waals surface area contributed by atoms with E-state index < -0.39 is 5.41 Å². The standard InChI is InChI=1S/C23H28N4O2/c1-17-6-5-8-20(18(17)2)26-12-14-27(15-13-26)22(29)23(9-10-23)21(28)25-16-19-7-3-4-11-24-19/h3-8,11H,9-10,12-16H2,1-2H3,(H,25,28). The third-order valence-electron chi connectivity index (χ3n) is 6.23. The van der Waals surface area contributed by atoms with Crippen LogP contribution < -0.4 is 10.2 Å². The highest BCUT2D eigenvalue weighted by atomic mass is 16.2. The van der Waals surface area contributed by atoms with Crippen molar-refractivity contribution in [3.05, 3.63) is 59.4 Å². The van der Waals surface area contributed by atoms with E-state index in [1.807, 2.05) is 23.1 Å². The van der Waals surface area contributed by atoms with Crippen LogP contribution in [0.3, 0.4) is 0 Å². The number of hydrogen-bond donors (Lipinski definition) is 1. The van der Waals surface area contributed by atoms with Gasteiger partial charge in [-0.1, -0.05) is 18.2 Å². The van der Waals surface area contributed by atoms with Crippen LogP contribution in [0, 0.1) is 19.3 Å². The number of pyridine rings is 1. The van der Waals surface area contributed by atoms with Gasteiger partial charge in [0.15, 0.2) is 0 Å². The molecule has 0 atom stereocenters. The third kappa shape index (κ3) is 3.84. The molecule has 4 rings (SSSR count). The second kappa shape index (κ2) is 7.85. The summed E-state index contributed by atoms with van der Waals surface area (Å²) < 4.78 is 0. The molecule has 1 saturated carbocycles. The van der Waals surface area contributed by atoms with E-state index >= 15 is 0 Å². The van der Waals surface area contributed by atoms with Crippen LogP contribution in [0.15, 0.2) is 42.6 Å². The minimum atomic E-state index is -0.865. The van der Waals surface area contributed by atoms with Crippen LogP contribution in [-0.4, -0.2) is 47.9 Å². The van der Waals surface area contributed by atoms with Crippen LogP contribution >= 0.6 is 0 Å². The highest BCUT2D eigenvalue weighted by molar-refractivity contribution is 6.07. The van der Waals surface area contributed by atoms with Crippen molar-refractivity contribution >= 4 is 17.5 Å². The van der Waals surface area contributed by atoms with Gasteiger partial charge in [0.2, 0.25) is 11.8 Å². The second-order valence-electron chi connectivity index (χ2n) is 8.08. The topological polar surface area (TPSA) is 65.5 Å². The maximum absolute atomic E-state index is 13.1. The number of aryl methyl sites for hydroxylation is 1. The van der Waals surface area contributed by atoms with Crippen molar-refractivity contribution in [1.82, 2.24) is 15.2 Å². The summed E-state index contributed by atoms with van der Waals surface area (Å²) in [5.41, 5.74) is 3.75. The van der Waals surface area contributed by atoms with Gasteiger partial charge < -0.3 is 15.1 Å². The van der Waals surface area contributed by atoms with E-state index in [9.17, 15) is 9.59 Å². The Balaban J connectivity index is 1.35. The third-order valence-corrected chi connectivity index (χ3v) is 6.23. The Morgan fingerprint density at radius 1 is 1.03 bits per heavy atom. The van der Waals surface area contributed by atoms with Gasteiger partial charge in [-0.05, 0) is 56.0 Å². The van der Waals surface area contributed by atoms with Crippen LogP contribution in [0.5, 0.6) is 0 Å². The Morgan fingerprint density at radius 3 is 2.45 bits per heavy atom. The van der Waals surface area contributed by atoms with E-state index in [0.717, 1.165) is 18.8 Å². The van der Waals surface area contributed by atoms with Crippen LogP contribution in [-0.2, 0) is 16.1 Å². The molecule has 2 aromatic rings. The van der Waals surface area contributed by atoms with E-state index in [1.165, 1.54) is 16.8 Å². The zero-order chi connectivity index (χ0) is 20.4. The number of amides is 2. The number of carbonyl (C=O) groups is 2. The molecular formula is C23H28N4O2. The Morgan fingerprint density at radius 2 is 1.79 bits per heavy atom. The molecule has 0 unspecified atom stereocenters. The molecule has 0 radical (unpaired) electrons. The first kappa shape index (κ1) is 19.4. The molecule has 1 aromatic carbocycles. The van der Waals surface area contributed by atoms with Gasteiger partial charge in [-0.25, -0.2) is 0 Å². The molecule has 152 valence electrons. The quantitative estimate of drug-likeness (QED) is 0.794. The number of anilines is 1. The summed E-state index contributed by atoms with van der Waals surface area (Å²) in [4.78, 5) is 34.3. The first-order valence-electron chi connectivity index (χ1n) is 10.3. The van der Waals surface area contributed by atoms with E-state index in [0.29, 0.717) is 32.5 Å². The zero-order valence-electron chi connectivity index (χ0n) is 17.1. The molecule has 0 bridgehead atoms. The monoisotopic (exact) mass is 392 g/mol. The van der Waals surface area contributed by atoms with E-state index in [2.05, 4.69) is 47.2 Å². The van der Waals surface area contributed by atoms with Crippen LogP contribution in [0.25, 0.3) is 0 Å². The van der Waals surface area contributed by atoms with Crippen molar-refractivity contribution in [1.29, 1.82) is 0 Å². The Bertz CT molecular complexity index is 900. The van der Waals surface area contributed by atoms with Gasteiger partial charge in [0.05, 0.1) is 12.2 Å². The summed E-state index contributed by atoms with van der Waals surface area (Å²) in [5, 5.41) is 2.91. The average Bonchev–Trinajstić information content (AvgIpc) is 3.56. The van der Waals surface area contributed by atoms with Gasteiger partial charge in [0, 0.05) is 38.1 Å². The predicted octanol–water partition coefficient (Wildman–Crippen LogP) is 2.44. The van der Waals surface area contributed by atoms with Gasteiger partial charge in [-0.15, -0.1) is 0 Å². The van der Waals surface area contributed by atoms with E-state index in [1.54, 1.807) is 6.20 Å².